The minimum absolute atomic E-state index is 0.200. The van der Waals surface area contributed by atoms with Crippen LogP contribution in [0.25, 0.3) is 10.2 Å². The summed E-state index contributed by atoms with van der Waals surface area (Å²) in [6.45, 7) is 1.37. The summed E-state index contributed by atoms with van der Waals surface area (Å²) in [6.07, 6.45) is -0.254. The molecule has 1 N–H and O–H groups in total. The molecule has 5 nitrogen and oxygen atoms in total. The van der Waals surface area contributed by atoms with Crippen LogP contribution in [0.3, 0.4) is 0 Å². The molecular weight excluding hydrogens is 341 g/mol. The Kier molecular flexibility index (Phi) is 4.33. The molecule has 0 bridgehead atoms. The van der Waals surface area contributed by atoms with Gasteiger partial charge in [0.25, 0.3) is 0 Å². The van der Waals surface area contributed by atoms with Crippen LogP contribution in [0.1, 0.15) is 11.7 Å². The zero-order valence-electron chi connectivity index (χ0n) is 13.3. The van der Waals surface area contributed by atoms with Crippen molar-refractivity contribution in [3.63, 3.8) is 0 Å². The Morgan fingerprint density at radius 3 is 2.84 bits per heavy atom. The molecule has 0 radical (unpaired) electrons. The maximum Gasteiger partial charge on any atom is 0.323 e. The molecule has 0 spiro atoms. The summed E-state index contributed by atoms with van der Waals surface area (Å²) >= 11 is 1.45. The van der Waals surface area contributed by atoms with Crippen LogP contribution in [0.15, 0.2) is 48.5 Å². The van der Waals surface area contributed by atoms with Crippen molar-refractivity contribution < 1.29 is 13.9 Å². The first-order valence-electron chi connectivity index (χ1n) is 7.97. The largest absolute Gasteiger partial charge is 0.370 e. The van der Waals surface area contributed by atoms with Gasteiger partial charge in [0.1, 0.15) is 11.9 Å². The van der Waals surface area contributed by atoms with Crippen molar-refractivity contribution >= 4 is 32.7 Å². The van der Waals surface area contributed by atoms with Gasteiger partial charge in [0.05, 0.1) is 23.4 Å². The summed E-state index contributed by atoms with van der Waals surface area (Å²) in [5, 5.41) is 3.44. The fourth-order valence-corrected chi connectivity index (χ4v) is 3.66. The molecule has 1 fully saturated rings. The third-order valence-electron chi connectivity index (χ3n) is 4.10. The summed E-state index contributed by atoms with van der Waals surface area (Å²) in [4.78, 5) is 18.7. The van der Waals surface area contributed by atoms with Gasteiger partial charge in [-0.1, -0.05) is 35.6 Å². The van der Waals surface area contributed by atoms with Gasteiger partial charge in [-0.15, -0.1) is 0 Å². The van der Waals surface area contributed by atoms with E-state index in [2.05, 4.69) is 10.3 Å². The smallest absolute Gasteiger partial charge is 0.323 e. The Hall–Kier alpha value is -2.51. The lowest BCUT2D eigenvalue weighted by Crippen LogP contribution is -2.44. The summed E-state index contributed by atoms with van der Waals surface area (Å²) in [6, 6.07) is 13.7. The van der Waals surface area contributed by atoms with Gasteiger partial charge in [-0.05, 0) is 29.8 Å². The lowest BCUT2D eigenvalue weighted by atomic mass is 10.1. The number of ether oxygens (including phenoxy) is 1. The normalized spacial score (nSPS) is 17.6. The first-order valence-corrected chi connectivity index (χ1v) is 8.79. The number of morpholine rings is 1. The van der Waals surface area contributed by atoms with Gasteiger partial charge in [-0.2, -0.15) is 0 Å². The number of carbonyl (C=O) groups excluding carboxylic acids is 1. The van der Waals surface area contributed by atoms with Crippen molar-refractivity contribution in [3.05, 3.63) is 59.9 Å². The fraction of sp³-hybridized carbons (Fsp3) is 0.222. The molecule has 25 heavy (non-hydrogen) atoms. The van der Waals surface area contributed by atoms with Crippen molar-refractivity contribution in [2.24, 2.45) is 0 Å². The van der Waals surface area contributed by atoms with E-state index in [1.54, 1.807) is 17.0 Å². The molecule has 1 unspecified atom stereocenters. The van der Waals surface area contributed by atoms with E-state index in [4.69, 9.17) is 4.74 Å². The quantitative estimate of drug-likeness (QED) is 0.753. The topological polar surface area (TPSA) is 54.5 Å². The van der Waals surface area contributed by atoms with E-state index in [1.807, 2.05) is 24.3 Å². The predicted octanol–water partition coefficient (Wildman–Crippen LogP) is 4.04. The van der Waals surface area contributed by atoms with Gasteiger partial charge < -0.3 is 9.64 Å². The molecular formula is C18H16FN3O2S. The molecule has 1 atom stereocenters. The maximum atomic E-state index is 13.1. The highest BCUT2D eigenvalue weighted by molar-refractivity contribution is 7.22. The van der Waals surface area contributed by atoms with E-state index in [-0.39, 0.29) is 18.0 Å². The van der Waals surface area contributed by atoms with Crippen LogP contribution in [0, 0.1) is 5.82 Å². The molecule has 3 aromatic rings. The van der Waals surface area contributed by atoms with E-state index in [0.29, 0.717) is 24.8 Å². The summed E-state index contributed by atoms with van der Waals surface area (Å²) < 4.78 is 19.8. The van der Waals surface area contributed by atoms with Crippen LogP contribution in [0.4, 0.5) is 14.3 Å². The van der Waals surface area contributed by atoms with Crippen molar-refractivity contribution in [1.29, 1.82) is 0 Å². The molecule has 2 heterocycles. The number of benzene rings is 2. The standard InChI is InChI=1S/C18H16FN3O2S/c19-13-7-5-12(6-8-13)15-11-22(9-10-24-15)18(23)21-17-20-14-3-1-2-4-16(14)25-17/h1-8,15H,9-11H2,(H,20,21,23). The lowest BCUT2D eigenvalue weighted by Gasteiger charge is -2.32. The lowest BCUT2D eigenvalue weighted by molar-refractivity contribution is -0.0135. The highest BCUT2D eigenvalue weighted by Gasteiger charge is 2.26. The second-order valence-electron chi connectivity index (χ2n) is 5.77. The first-order chi connectivity index (χ1) is 12.2. The highest BCUT2D eigenvalue weighted by atomic mass is 32.1. The van der Waals surface area contributed by atoms with Crippen LogP contribution in [0.2, 0.25) is 0 Å². The van der Waals surface area contributed by atoms with Gasteiger partial charge in [0.2, 0.25) is 0 Å². The average molecular weight is 357 g/mol. The SMILES string of the molecule is O=C(Nc1nc2ccccc2s1)N1CCOC(c2ccc(F)cc2)C1. The number of urea groups is 1. The summed E-state index contributed by atoms with van der Waals surface area (Å²) in [5.74, 6) is -0.287. The number of thiazole rings is 1. The third-order valence-corrected chi connectivity index (χ3v) is 5.06. The monoisotopic (exact) mass is 357 g/mol. The van der Waals surface area contributed by atoms with Crippen LogP contribution < -0.4 is 5.32 Å². The second-order valence-corrected chi connectivity index (χ2v) is 6.80. The molecule has 1 aromatic heterocycles. The zero-order valence-corrected chi connectivity index (χ0v) is 14.1. The number of hydrogen-bond acceptors (Lipinski definition) is 4. The number of amides is 2. The molecule has 7 heteroatoms. The molecule has 2 amide bonds. The van der Waals surface area contributed by atoms with Crippen molar-refractivity contribution in [1.82, 2.24) is 9.88 Å². The Balaban J connectivity index is 1.45. The zero-order chi connectivity index (χ0) is 17.2. The van der Waals surface area contributed by atoms with E-state index in [9.17, 15) is 9.18 Å². The van der Waals surface area contributed by atoms with Crippen LogP contribution in [-0.4, -0.2) is 35.6 Å². The molecule has 2 aromatic carbocycles. The van der Waals surface area contributed by atoms with Crippen LogP contribution in [-0.2, 0) is 4.74 Å². The van der Waals surface area contributed by atoms with Crippen LogP contribution in [0.5, 0.6) is 0 Å². The number of nitrogens with zero attached hydrogens (tertiary/aromatic N) is 2. The number of halogens is 1. The Labute approximate surface area is 148 Å². The minimum atomic E-state index is -0.287. The number of nitrogens with one attached hydrogen (secondary N) is 1. The first kappa shape index (κ1) is 16.0. The fourth-order valence-electron chi connectivity index (χ4n) is 2.81. The highest BCUT2D eigenvalue weighted by Crippen LogP contribution is 2.27. The Morgan fingerprint density at radius 1 is 1.24 bits per heavy atom. The van der Waals surface area contributed by atoms with Gasteiger partial charge in [-0.25, -0.2) is 14.2 Å². The molecule has 0 aliphatic carbocycles. The molecule has 1 aliphatic rings. The second kappa shape index (κ2) is 6.78. The average Bonchev–Trinajstić information content (AvgIpc) is 3.04. The Morgan fingerprint density at radius 2 is 2.04 bits per heavy atom. The summed E-state index contributed by atoms with van der Waals surface area (Å²) in [7, 11) is 0. The summed E-state index contributed by atoms with van der Waals surface area (Å²) in [5.41, 5.74) is 1.73. The van der Waals surface area contributed by atoms with Gasteiger partial charge >= 0.3 is 6.03 Å². The van der Waals surface area contributed by atoms with Crippen molar-refractivity contribution in [2.45, 2.75) is 6.10 Å². The van der Waals surface area contributed by atoms with Gasteiger partial charge in [-0.3, -0.25) is 5.32 Å². The molecule has 1 aliphatic heterocycles. The molecule has 1 saturated heterocycles. The van der Waals surface area contributed by atoms with E-state index >= 15 is 0 Å². The van der Waals surface area contributed by atoms with E-state index < -0.39 is 0 Å². The van der Waals surface area contributed by atoms with Gasteiger partial charge in [0, 0.05) is 6.54 Å². The maximum absolute atomic E-state index is 13.1. The number of aromatic nitrogens is 1. The minimum Gasteiger partial charge on any atom is -0.370 e. The number of anilines is 1. The van der Waals surface area contributed by atoms with Crippen LogP contribution >= 0.6 is 11.3 Å². The molecule has 4 rings (SSSR count). The van der Waals surface area contributed by atoms with Crippen molar-refractivity contribution in [3.8, 4) is 0 Å². The molecule has 128 valence electrons. The molecule has 0 saturated carbocycles. The number of para-hydroxylation sites is 1. The van der Waals surface area contributed by atoms with E-state index in [0.717, 1.165) is 15.8 Å². The van der Waals surface area contributed by atoms with E-state index in [1.165, 1.54) is 23.5 Å². The number of rotatable bonds is 2. The number of fused-ring (bicyclic) bond motifs is 1. The Bertz CT molecular complexity index is 864. The predicted molar refractivity (Wildman–Crippen MR) is 95.3 cm³/mol. The third kappa shape index (κ3) is 3.47. The number of carbonyl (C=O) groups is 1. The van der Waals surface area contributed by atoms with Crippen molar-refractivity contribution in [2.75, 3.05) is 25.0 Å². The van der Waals surface area contributed by atoms with Gasteiger partial charge in [0.15, 0.2) is 5.13 Å². The number of hydrogen-bond donors (Lipinski definition) is 1.